The number of thiocarbonyl (C=S) groups is 1. The number of carbonyl (C=O) groups excluding carboxylic acids is 1. The van der Waals surface area contributed by atoms with Gasteiger partial charge in [-0.15, -0.1) is 0 Å². The van der Waals surface area contributed by atoms with E-state index in [9.17, 15) is 4.79 Å². The van der Waals surface area contributed by atoms with E-state index < -0.39 is 0 Å². The van der Waals surface area contributed by atoms with E-state index in [0.717, 1.165) is 25.9 Å². The van der Waals surface area contributed by atoms with Crippen LogP contribution in [-0.2, 0) is 4.79 Å². The minimum atomic E-state index is -0.282. The van der Waals surface area contributed by atoms with E-state index in [-0.39, 0.29) is 5.91 Å². The monoisotopic (exact) mass is 394 g/mol. The van der Waals surface area contributed by atoms with Gasteiger partial charge in [-0.3, -0.25) is 10.1 Å². The first kappa shape index (κ1) is 18.0. The van der Waals surface area contributed by atoms with Crippen LogP contribution >= 0.6 is 35.4 Å². The summed E-state index contributed by atoms with van der Waals surface area (Å²) in [4.78, 5) is 14.0. The highest BCUT2D eigenvalue weighted by Gasteiger charge is 2.15. The average molecular weight is 395 g/mol. The number of nitrogens with zero attached hydrogens (tertiary/aromatic N) is 1. The molecular formula is C18H16Cl2N2O2S. The van der Waals surface area contributed by atoms with Gasteiger partial charge in [0.2, 0.25) is 5.91 Å². The molecule has 3 rings (SSSR count). The summed E-state index contributed by atoms with van der Waals surface area (Å²) < 4.78 is 5.71. The van der Waals surface area contributed by atoms with Crippen LogP contribution < -0.4 is 5.32 Å². The molecule has 1 amide bonds. The second-order valence-electron chi connectivity index (χ2n) is 5.63. The SMILES string of the molecule is O=C(C=Cc1ccc(-c2cccc(Cl)c2Cl)o1)NC(=S)N1CCCC1. The molecule has 0 aliphatic carbocycles. The minimum absolute atomic E-state index is 0.282. The highest BCUT2D eigenvalue weighted by atomic mass is 35.5. The molecule has 130 valence electrons. The van der Waals surface area contributed by atoms with Gasteiger partial charge in [-0.25, -0.2) is 0 Å². The van der Waals surface area contributed by atoms with Crippen LogP contribution in [0.1, 0.15) is 18.6 Å². The summed E-state index contributed by atoms with van der Waals surface area (Å²) in [6, 6.07) is 8.87. The number of halogens is 2. The first-order valence-corrected chi connectivity index (χ1v) is 9.03. The third-order valence-corrected chi connectivity index (χ3v) is 5.05. The summed E-state index contributed by atoms with van der Waals surface area (Å²) in [5.41, 5.74) is 0.702. The van der Waals surface area contributed by atoms with Gasteiger partial charge < -0.3 is 9.32 Å². The number of benzene rings is 1. The number of nitrogens with one attached hydrogen (secondary N) is 1. The van der Waals surface area contributed by atoms with Gasteiger partial charge in [0.1, 0.15) is 11.5 Å². The molecule has 2 aromatic rings. The molecule has 4 nitrogen and oxygen atoms in total. The lowest BCUT2D eigenvalue weighted by Gasteiger charge is -2.17. The van der Waals surface area contributed by atoms with Crippen LogP contribution in [0.2, 0.25) is 10.0 Å². The van der Waals surface area contributed by atoms with Crippen LogP contribution in [0.3, 0.4) is 0 Å². The van der Waals surface area contributed by atoms with Gasteiger partial charge in [0.05, 0.1) is 10.0 Å². The van der Waals surface area contributed by atoms with Crippen molar-refractivity contribution in [2.75, 3.05) is 13.1 Å². The zero-order valence-corrected chi connectivity index (χ0v) is 15.6. The van der Waals surface area contributed by atoms with Crippen molar-refractivity contribution < 1.29 is 9.21 Å². The molecule has 25 heavy (non-hydrogen) atoms. The van der Waals surface area contributed by atoms with Crippen molar-refractivity contribution in [2.45, 2.75) is 12.8 Å². The zero-order valence-electron chi connectivity index (χ0n) is 13.3. The fourth-order valence-electron chi connectivity index (χ4n) is 2.59. The summed E-state index contributed by atoms with van der Waals surface area (Å²) in [6.45, 7) is 1.79. The molecule has 1 saturated heterocycles. The number of likely N-dealkylation sites (tertiary alicyclic amines) is 1. The molecule has 0 saturated carbocycles. The lowest BCUT2D eigenvalue weighted by molar-refractivity contribution is -0.115. The molecule has 1 fully saturated rings. The molecule has 0 radical (unpaired) electrons. The maximum atomic E-state index is 12.0. The molecule has 0 bridgehead atoms. The number of amides is 1. The molecule has 1 aliphatic heterocycles. The standard InChI is InChI=1S/C18H16Cl2N2O2S/c19-14-5-3-4-13(17(14)20)15-8-6-12(24-15)7-9-16(23)21-18(25)22-10-1-2-11-22/h3-9H,1-2,10-11H2,(H,21,23,25). The fourth-order valence-corrected chi connectivity index (χ4v) is 3.26. The molecule has 0 unspecified atom stereocenters. The molecular weight excluding hydrogens is 379 g/mol. The van der Waals surface area contributed by atoms with Crippen molar-refractivity contribution in [3.8, 4) is 11.3 Å². The second-order valence-corrected chi connectivity index (χ2v) is 6.80. The van der Waals surface area contributed by atoms with Gasteiger partial charge in [-0.1, -0.05) is 29.3 Å². The number of furan rings is 1. The molecule has 1 aromatic heterocycles. The lowest BCUT2D eigenvalue weighted by Crippen LogP contribution is -2.40. The summed E-state index contributed by atoms with van der Waals surface area (Å²) in [7, 11) is 0. The Bertz CT molecular complexity index is 826. The van der Waals surface area contributed by atoms with Gasteiger partial charge in [0, 0.05) is 24.7 Å². The summed E-state index contributed by atoms with van der Waals surface area (Å²) in [6.07, 6.45) is 5.19. The molecule has 1 N–H and O–H groups in total. The molecule has 0 spiro atoms. The van der Waals surface area contributed by atoms with Crippen molar-refractivity contribution in [3.63, 3.8) is 0 Å². The van der Waals surface area contributed by atoms with Crippen LogP contribution in [0.25, 0.3) is 17.4 Å². The van der Waals surface area contributed by atoms with Crippen LogP contribution in [0, 0.1) is 0 Å². The highest BCUT2D eigenvalue weighted by Crippen LogP contribution is 2.34. The topological polar surface area (TPSA) is 45.5 Å². The zero-order chi connectivity index (χ0) is 17.8. The minimum Gasteiger partial charge on any atom is -0.457 e. The number of hydrogen-bond acceptors (Lipinski definition) is 3. The molecule has 2 heterocycles. The maximum absolute atomic E-state index is 12.0. The average Bonchev–Trinajstić information content (AvgIpc) is 3.27. The largest absolute Gasteiger partial charge is 0.457 e. The van der Waals surface area contributed by atoms with Gasteiger partial charge in [-0.2, -0.15) is 0 Å². The van der Waals surface area contributed by atoms with Crippen molar-refractivity contribution in [1.82, 2.24) is 10.2 Å². The van der Waals surface area contributed by atoms with Gasteiger partial charge in [0.15, 0.2) is 5.11 Å². The predicted molar refractivity (Wildman–Crippen MR) is 105 cm³/mol. The highest BCUT2D eigenvalue weighted by molar-refractivity contribution is 7.80. The Labute approximate surface area is 161 Å². The van der Waals surface area contributed by atoms with E-state index in [2.05, 4.69) is 5.32 Å². The maximum Gasteiger partial charge on any atom is 0.250 e. The number of rotatable bonds is 3. The van der Waals surface area contributed by atoms with Gasteiger partial charge in [0.25, 0.3) is 0 Å². The first-order valence-electron chi connectivity index (χ1n) is 7.87. The Morgan fingerprint density at radius 3 is 2.72 bits per heavy atom. The summed E-state index contributed by atoms with van der Waals surface area (Å²) >= 11 is 17.4. The molecule has 0 atom stereocenters. The fraction of sp³-hybridized carbons (Fsp3) is 0.222. The third-order valence-electron chi connectivity index (χ3n) is 3.87. The van der Waals surface area contributed by atoms with Crippen LogP contribution in [0.5, 0.6) is 0 Å². The number of hydrogen-bond donors (Lipinski definition) is 1. The molecule has 7 heteroatoms. The first-order chi connectivity index (χ1) is 12.0. The van der Waals surface area contributed by atoms with Crippen molar-refractivity contribution in [1.29, 1.82) is 0 Å². The Kier molecular flexibility index (Phi) is 5.78. The van der Waals surface area contributed by atoms with E-state index in [4.69, 9.17) is 39.8 Å². The van der Waals surface area contributed by atoms with Gasteiger partial charge in [-0.05, 0) is 55.4 Å². The van der Waals surface area contributed by atoms with Crippen molar-refractivity contribution >= 4 is 52.5 Å². The Morgan fingerprint density at radius 2 is 1.96 bits per heavy atom. The van der Waals surface area contributed by atoms with Crippen LogP contribution in [-0.4, -0.2) is 29.0 Å². The van der Waals surface area contributed by atoms with E-state index >= 15 is 0 Å². The smallest absolute Gasteiger partial charge is 0.250 e. The predicted octanol–water partition coefficient (Wildman–Crippen LogP) is 4.76. The van der Waals surface area contributed by atoms with Crippen molar-refractivity contribution in [2.24, 2.45) is 0 Å². The van der Waals surface area contributed by atoms with Gasteiger partial charge >= 0.3 is 0 Å². The Balaban J connectivity index is 1.64. The quantitative estimate of drug-likeness (QED) is 0.601. The van der Waals surface area contributed by atoms with Crippen molar-refractivity contribution in [3.05, 3.63) is 52.2 Å². The lowest BCUT2D eigenvalue weighted by atomic mass is 10.2. The molecule has 1 aromatic carbocycles. The third kappa shape index (κ3) is 4.42. The summed E-state index contributed by atoms with van der Waals surface area (Å²) in [5.74, 6) is 0.837. The van der Waals surface area contributed by atoms with Crippen LogP contribution in [0.15, 0.2) is 40.8 Å². The van der Waals surface area contributed by atoms with Crippen LogP contribution in [0.4, 0.5) is 0 Å². The van der Waals surface area contributed by atoms with E-state index in [0.29, 0.717) is 32.2 Å². The Hall–Kier alpha value is -1.82. The normalized spacial score (nSPS) is 14.2. The second kappa shape index (κ2) is 8.04. The van der Waals surface area contributed by atoms with E-state index in [1.54, 1.807) is 30.3 Å². The van der Waals surface area contributed by atoms with E-state index in [1.165, 1.54) is 6.08 Å². The molecule has 1 aliphatic rings. The Morgan fingerprint density at radius 1 is 1.20 bits per heavy atom. The van der Waals surface area contributed by atoms with E-state index in [1.807, 2.05) is 11.0 Å². The number of carbonyl (C=O) groups is 1. The summed E-state index contributed by atoms with van der Waals surface area (Å²) in [5, 5.41) is 4.06.